The molecule has 6 heteroatoms. The molecular weight excluding hydrogens is 250 g/mol. The van der Waals surface area contributed by atoms with Crippen LogP contribution >= 0.6 is 0 Å². The van der Waals surface area contributed by atoms with Gasteiger partial charge in [0.05, 0.1) is 11.8 Å². The summed E-state index contributed by atoms with van der Waals surface area (Å²) < 4.78 is 25.9. The number of rotatable bonds is 5. The van der Waals surface area contributed by atoms with Crippen LogP contribution in [0.4, 0.5) is 0 Å². The van der Waals surface area contributed by atoms with E-state index in [4.69, 9.17) is 5.26 Å². The smallest absolute Gasteiger partial charge is 0.214 e. The molecule has 0 aliphatic carbocycles. The Bertz CT molecular complexity index is 421. The zero-order valence-electron chi connectivity index (χ0n) is 10.9. The average molecular weight is 271 g/mol. The van der Waals surface area contributed by atoms with Crippen molar-refractivity contribution in [1.82, 2.24) is 9.21 Å². The normalized spacial score (nSPS) is 31.5. The van der Waals surface area contributed by atoms with Gasteiger partial charge in [-0.15, -0.1) is 0 Å². The predicted molar refractivity (Wildman–Crippen MR) is 69.3 cm³/mol. The van der Waals surface area contributed by atoms with Gasteiger partial charge in [0.15, 0.2) is 0 Å². The first-order valence-corrected chi connectivity index (χ1v) is 8.20. The molecule has 3 saturated heterocycles. The van der Waals surface area contributed by atoms with Crippen LogP contribution in [-0.2, 0) is 10.0 Å². The summed E-state index contributed by atoms with van der Waals surface area (Å²) in [5, 5.41) is 8.47. The van der Waals surface area contributed by atoms with Crippen LogP contribution in [0.2, 0.25) is 0 Å². The first kappa shape index (κ1) is 13.8. The fraction of sp³-hybridized carbons (Fsp3) is 0.917. The standard InChI is InChI=1S/C12H21N3O2S/c1-14(18(16,17)9-3-2-6-13)12-10-15-7-4-11(12)5-8-15/h11-12H,2-5,7-10H2,1H3/t12-/m1/s1. The fourth-order valence-corrected chi connectivity index (χ4v) is 4.48. The van der Waals surface area contributed by atoms with Gasteiger partial charge in [0.2, 0.25) is 10.0 Å². The van der Waals surface area contributed by atoms with Gasteiger partial charge in [-0.1, -0.05) is 0 Å². The van der Waals surface area contributed by atoms with Crippen molar-refractivity contribution in [3.8, 4) is 6.07 Å². The van der Waals surface area contributed by atoms with Gasteiger partial charge in [0.1, 0.15) is 0 Å². The molecule has 3 rings (SSSR count). The number of hydrogen-bond donors (Lipinski definition) is 0. The minimum atomic E-state index is -3.20. The third-order valence-electron chi connectivity index (χ3n) is 4.22. The Labute approximate surface area is 109 Å². The Morgan fingerprint density at radius 2 is 2.06 bits per heavy atom. The van der Waals surface area contributed by atoms with Crippen molar-refractivity contribution in [2.24, 2.45) is 5.92 Å². The van der Waals surface area contributed by atoms with E-state index in [2.05, 4.69) is 4.90 Å². The molecule has 0 N–H and O–H groups in total. The number of unbranched alkanes of at least 4 members (excludes halogenated alkanes) is 1. The first-order chi connectivity index (χ1) is 8.54. The molecule has 0 amide bonds. The molecule has 0 aromatic heterocycles. The summed E-state index contributed by atoms with van der Waals surface area (Å²) in [6, 6.07) is 2.13. The van der Waals surface area contributed by atoms with Gasteiger partial charge in [-0.25, -0.2) is 12.7 Å². The minimum Gasteiger partial charge on any atom is -0.302 e. The number of piperidine rings is 3. The molecule has 0 spiro atoms. The van der Waals surface area contributed by atoms with E-state index in [0.29, 0.717) is 18.8 Å². The topological polar surface area (TPSA) is 64.4 Å². The maximum Gasteiger partial charge on any atom is 0.214 e. The van der Waals surface area contributed by atoms with Gasteiger partial charge >= 0.3 is 0 Å². The Kier molecular flexibility index (Phi) is 4.25. The molecule has 3 heterocycles. The largest absolute Gasteiger partial charge is 0.302 e. The lowest BCUT2D eigenvalue weighted by molar-refractivity contribution is 0.0465. The van der Waals surface area contributed by atoms with Gasteiger partial charge in [-0.3, -0.25) is 0 Å². The third-order valence-corrected chi connectivity index (χ3v) is 6.17. The zero-order chi connectivity index (χ0) is 13.2. The molecule has 0 aromatic carbocycles. The van der Waals surface area contributed by atoms with Crippen LogP contribution in [0.1, 0.15) is 25.7 Å². The summed E-state index contributed by atoms with van der Waals surface area (Å²) in [6.07, 6.45) is 2.98. The van der Waals surface area contributed by atoms with Crippen LogP contribution in [0, 0.1) is 17.2 Å². The van der Waals surface area contributed by atoms with Crippen molar-refractivity contribution < 1.29 is 8.42 Å². The lowest BCUT2D eigenvalue weighted by Gasteiger charge is -2.47. The van der Waals surface area contributed by atoms with Crippen LogP contribution in [0.25, 0.3) is 0 Å². The van der Waals surface area contributed by atoms with E-state index < -0.39 is 10.0 Å². The highest BCUT2D eigenvalue weighted by Crippen LogP contribution is 2.31. The van der Waals surface area contributed by atoms with Crippen molar-refractivity contribution in [1.29, 1.82) is 5.26 Å². The van der Waals surface area contributed by atoms with Crippen LogP contribution in [0.15, 0.2) is 0 Å². The zero-order valence-corrected chi connectivity index (χ0v) is 11.7. The Morgan fingerprint density at radius 3 is 2.56 bits per heavy atom. The molecule has 0 radical (unpaired) electrons. The summed E-state index contributed by atoms with van der Waals surface area (Å²) >= 11 is 0. The lowest BCUT2D eigenvalue weighted by atomic mass is 9.84. The van der Waals surface area contributed by atoms with Crippen LogP contribution in [-0.4, -0.2) is 56.1 Å². The fourth-order valence-electron chi connectivity index (χ4n) is 3.03. The highest BCUT2D eigenvalue weighted by molar-refractivity contribution is 7.89. The quantitative estimate of drug-likeness (QED) is 0.689. The molecule has 1 atom stereocenters. The molecule has 3 fully saturated rings. The Balaban J connectivity index is 1.98. The molecule has 3 aliphatic rings. The number of nitriles is 1. The summed E-state index contributed by atoms with van der Waals surface area (Å²) in [5.41, 5.74) is 0. The second kappa shape index (κ2) is 5.55. The van der Waals surface area contributed by atoms with E-state index in [9.17, 15) is 8.42 Å². The summed E-state index contributed by atoms with van der Waals surface area (Å²) in [7, 11) is -1.50. The van der Waals surface area contributed by atoms with E-state index in [0.717, 1.165) is 32.5 Å². The summed E-state index contributed by atoms with van der Waals surface area (Å²) in [5.74, 6) is 0.617. The highest BCUT2D eigenvalue weighted by atomic mass is 32.2. The molecule has 0 saturated carbocycles. The number of fused-ring (bicyclic) bond motifs is 3. The van der Waals surface area contributed by atoms with E-state index in [1.165, 1.54) is 0 Å². The predicted octanol–water partition coefficient (Wildman–Crippen LogP) is 0.646. The first-order valence-electron chi connectivity index (χ1n) is 6.59. The minimum absolute atomic E-state index is 0.0975. The Morgan fingerprint density at radius 1 is 1.39 bits per heavy atom. The van der Waals surface area contributed by atoms with Crippen LogP contribution in [0.5, 0.6) is 0 Å². The van der Waals surface area contributed by atoms with Gasteiger partial charge in [0.25, 0.3) is 0 Å². The van der Waals surface area contributed by atoms with Crippen molar-refractivity contribution in [3.05, 3.63) is 0 Å². The monoisotopic (exact) mass is 271 g/mol. The maximum absolute atomic E-state index is 12.2. The number of hydrogen-bond acceptors (Lipinski definition) is 4. The number of sulfonamides is 1. The maximum atomic E-state index is 12.2. The average Bonchev–Trinajstić information content (AvgIpc) is 2.39. The van der Waals surface area contributed by atoms with Gasteiger partial charge in [-0.2, -0.15) is 5.26 Å². The summed E-state index contributed by atoms with van der Waals surface area (Å²) in [6.45, 7) is 3.10. The molecule has 2 bridgehead atoms. The second-order valence-electron chi connectivity index (χ2n) is 5.30. The lowest BCUT2D eigenvalue weighted by Crippen LogP contribution is -2.57. The van der Waals surface area contributed by atoms with E-state index >= 15 is 0 Å². The molecule has 18 heavy (non-hydrogen) atoms. The van der Waals surface area contributed by atoms with Gasteiger partial charge < -0.3 is 4.90 Å². The molecule has 102 valence electrons. The molecule has 3 aliphatic heterocycles. The van der Waals surface area contributed by atoms with Crippen molar-refractivity contribution in [3.63, 3.8) is 0 Å². The van der Waals surface area contributed by atoms with Crippen molar-refractivity contribution in [2.75, 3.05) is 32.4 Å². The van der Waals surface area contributed by atoms with E-state index in [1.54, 1.807) is 11.4 Å². The van der Waals surface area contributed by atoms with Gasteiger partial charge in [-0.05, 0) is 38.3 Å². The van der Waals surface area contributed by atoms with Gasteiger partial charge in [0, 0.05) is 26.1 Å². The Hall–Kier alpha value is -0.640. The van der Waals surface area contributed by atoms with Crippen LogP contribution < -0.4 is 0 Å². The summed E-state index contributed by atoms with van der Waals surface area (Å²) in [4.78, 5) is 2.35. The van der Waals surface area contributed by atoms with Crippen molar-refractivity contribution in [2.45, 2.75) is 31.7 Å². The SMILES string of the molecule is CN([C@@H]1CN2CCC1CC2)S(=O)(=O)CCCC#N. The second-order valence-corrected chi connectivity index (χ2v) is 7.45. The van der Waals surface area contributed by atoms with E-state index in [1.807, 2.05) is 6.07 Å². The molecular formula is C12H21N3O2S. The van der Waals surface area contributed by atoms with Crippen LogP contribution in [0.3, 0.4) is 0 Å². The third kappa shape index (κ3) is 2.85. The highest BCUT2D eigenvalue weighted by Gasteiger charge is 2.39. The molecule has 0 aromatic rings. The van der Waals surface area contributed by atoms with E-state index in [-0.39, 0.29) is 11.8 Å². The molecule has 0 unspecified atom stereocenters. The number of likely N-dealkylation sites (N-methyl/N-ethyl adjacent to an activating group) is 1. The van der Waals surface area contributed by atoms with Crippen molar-refractivity contribution >= 4 is 10.0 Å². The molecule has 5 nitrogen and oxygen atoms in total. The number of nitrogens with zero attached hydrogens (tertiary/aromatic N) is 3.